The van der Waals surface area contributed by atoms with Gasteiger partial charge < -0.3 is 15.0 Å². The van der Waals surface area contributed by atoms with Gasteiger partial charge in [0, 0.05) is 18.9 Å². The molecule has 1 atom stereocenters. The van der Waals surface area contributed by atoms with Crippen LogP contribution in [0.1, 0.15) is 11.6 Å². The summed E-state index contributed by atoms with van der Waals surface area (Å²) in [5, 5.41) is 5.13. The van der Waals surface area contributed by atoms with Crippen LogP contribution in [0.2, 0.25) is 0 Å². The number of amides is 1. The smallest absolute Gasteiger partial charge is 0.325 e. The van der Waals surface area contributed by atoms with Gasteiger partial charge in [0.2, 0.25) is 0 Å². The lowest BCUT2D eigenvalue weighted by atomic mass is 10.1. The Kier molecular flexibility index (Phi) is 5.05. The van der Waals surface area contributed by atoms with Gasteiger partial charge in [0.25, 0.3) is 0 Å². The van der Waals surface area contributed by atoms with Crippen LogP contribution in [-0.2, 0) is 0 Å². The number of rotatable bonds is 5. The molecule has 1 heterocycles. The number of nitrogens with one attached hydrogen (secondary N) is 1. The molecule has 5 nitrogen and oxygen atoms in total. The van der Waals surface area contributed by atoms with Crippen molar-refractivity contribution in [2.75, 3.05) is 27.7 Å². The molecule has 0 aliphatic heterocycles. The Morgan fingerprint density at radius 3 is 2.20 bits per heavy atom. The summed E-state index contributed by atoms with van der Waals surface area (Å²) in [7, 11) is 5.66. The lowest BCUT2D eigenvalue weighted by Gasteiger charge is -2.25. The fraction of sp³-hybridized carbons (Fsp3) is 0.250. The van der Waals surface area contributed by atoms with E-state index in [9.17, 15) is 4.79 Å². The van der Waals surface area contributed by atoms with Gasteiger partial charge in [0.15, 0.2) is 0 Å². The highest BCUT2D eigenvalue weighted by atomic mass is 16.5. The Morgan fingerprint density at radius 2 is 1.68 bits per heavy atom. The summed E-state index contributed by atoms with van der Waals surface area (Å²) in [6, 6.07) is 15.8. The number of likely N-dealkylation sites (N-methyl/N-ethyl adjacent to an activating group) is 1. The molecule has 0 aliphatic carbocycles. The minimum absolute atomic E-state index is 0.0832. The average molecular weight is 337 g/mol. The quantitative estimate of drug-likeness (QED) is 0.775. The summed E-state index contributed by atoms with van der Waals surface area (Å²) >= 11 is 0. The van der Waals surface area contributed by atoms with Crippen LogP contribution in [0.5, 0.6) is 5.75 Å². The van der Waals surface area contributed by atoms with E-state index in [-0.39, 0.29) is 12.1 Å². The number of benzene rings is 2. The van der Waals surface area contributed by atoms with Gasteiger partial charge in [0.05, 0.1) is 13.2 Å². The van der Waals surface area contributed by atoms with E-state index in [1.54, 1.807) is 11.7 Å². The predicted molar refractivity (Wildman–Crippen MR) is 100 cm³/mol. The van der Waals surface area contributed by atoms with Crippen molar-refractivity contribution in [2.24, 2.45) is 0 Å². The first-order chi connectivity index (χ1) is 12.1. The van der Waals surface area contributed by atoms with Crippen LogP contribution in [0, 0.1) is 0 Å². The van der Waals surface area contributed by atoms with Gasteiger partial charge in [-0.1, -0.05) is 36.4 Å². The van der Waals surface area contributed by atoms with Crippen molar-refractivity contribution in [1.29, 1.82) is 0 Å². The molecular weight excluding hydrogens is 314 g/mol. The molecule has 1 unspecified atom stereocenters. The lowest BCUT2D eigenvalue weighted by molar-refractivity contribution is 0.234. The molecule has 0 aliphatic rings. The monoisotopic (exact) mass is 337 g/mol. The number of hydrogen-bond acceptors (Lipinski definition) is 3. The largest absolute Gasteiger partial charge is 0.497 e. The minimum atomic E-state index is -0.128. The van der Waals surface area contributed by atoms with Gasteiger partial charge in [-0.3, -0.25) is 4.57 Å². The third kappa shape index (κ3) is 3.83. The molecule has 0 fully saturated rings. The summed E-state index contributed by atoms with van der Waals surface area (Å²) in [5.74, 6) is 0.823. The normalized spacial score (nSPS) is 12.3. The van der Waals surface area contributed by atoms with E-state index in [2.05, 4.69) is 10.2 Å². The second-order valence-electron chi connectivity index (χ2n) is 6.23. The predicted octanol–water partition coefficient (Wildman–Crippen LogP) is 3.51. The van der Waals surface area contributed by atoms with Crippen LogP contribution in [0.3, 0.4) is 0 Å². The first kappa shape index (κ1) is 17.0. The Morgan fingerprint density at radius 1 is 1.08 bits per heavy atom. The van der Waals surface area contributed by atoms with Gasteiger partial charge in [-0.15, -0.1) is 0 Å². The van der Waals surface area contributed by atoms with Crippen LogP contribution >= 0.6 is 0 Å². The summed E-state index contributed by atoms with van der Waals surface area (Å²) in [6.07, 6.45) is 3.70. The molecule has 2 aromatic carbocycles. The summed E-state index contributed by atoms with van der Waals surface area (Å²) in [5.41, 5.74) is 1.13. The van der Waals surface area contributed by atoms with E-state index in [1.807, 2.05) is 75.0 Å². The number of carbonyl (C=O) groups excluding carboxylic acids is 1. The number of hydrogen-bond donors (Lipinski definition) is 1. The van der Waals surface area contributed by atoms with Crippen molar-refractivity contribution in [1.82, 2.24) is 14.8 Å². The minimum Gasteiger partial charge on any atom is -0.497 e. The number of carbonyl (C=O) groups is 1. The Hall–Kier alpha value is -2.79. The molecule has 0 bridgehead atoms. The van der Waals surface area contributed by atoms with E-state index in [4.69, 9.17) is 4.74 Å². The molecule has 0 spiro atoms. The van der Waals surface area contributed by atoms with Crippen molar-refractivity contribution in [3.05, 3.63) is 66.5 Å². The SMILES string of the molecule is COc1ccc(C(CNC(=O)n2cc3ccccc3c2)N(C)C)cc1. The maximum absolute atomic E-state index is 12.5. The van der Waals surface area contributed by atoms with E-state index >= 15 is 0 Å². The molecule has 130 valence electrons. The highest BCUT2D eigenvalue weighted by molar-refractivity contribution is 5.88. The molecular formula is C20H23N3O2. The number of methoxy groups -OCH3 is 1. The number of fused-ring (bicyclic) bond motifs is 1. The second kappa shape index (κ2) is 7.40. The van der Waals surface area contributed by atoms with Gasteiger partial charge in [0.1, 0.15) is 5.75 Å². The van der Waals surface area contributed by atoms with Crippen molar-refractivity contribution < 1.29 is 9.53 Å². The van der Waals surface area contributed by atoms with Gasteiger partial charge >= 0.3 is 6.03 Å². The Balaban J connectivity index is 1.71. The van der Waals surface area contributed by atoms with Gasteiger partial charge in [-0.2, -0.15) is 0 Å². The molecule has 0 saturated carbocycles. The van der Waals surface area contributed by atoms with Crippen molar-refractivity contribution in [3.8, 4) is 5.75 Å². The third-order valence-corrected chi connectivity index (χ3v) is 4.36. The maximum atomic E-state index is 12.5. The van der Waals surface area contributed by atoms with Crippen LogP contribution in [0.15, 0.2) is 60.9 Å². The van der Waals surface area contributed by atoms with Crippen molar-refractivity contribution >= 4 is 16.8 Å². The standard InChI is InChI=1S/C20H23N3O2/c1-22(2)19(15-8-10-18(25-3)11-9-15)12-21-20(24)23-13-16-6-4-5-7-17(16)14-23/h4-11,13-14,19H,12H2,1-3H3,(H,21,24). The van der Waals surface area contributed by atoms with E-state index in [0.29, 0.717) is 6.54 Å². The number of aromatic nitrogens is 1. The van der Waals surface area contributed by atoms with Crippen molar-refractivity contribution in [3.63, 3.8) is 0 Å². The first-order valence-electron chi connectivity index (χ1n) is 8.24. The molecule has 3 aromatic rings. The molecule has 0 radical (unpaired) electrons. The van der Waals surface area contributed by atoms with E-state index in [0.717, 1.165) is 22.1 Å². The van der Waals surface area contributed by atoms with Crippen LogP contribution in [0.25, 0.3) is 10.8 Å². The molecule has 25 heavy (non-hydrogen) atoms. The summed E-state index contributed by atoms with van der Waals surface area (Å²) in [6.45, 7) is 0.521. The zero-order valence-electron chi connectivity index (χ0n) is 14.8. The summed E-state index contributed by atoms with van der Waals surface area (Å²) in [4.78, 5) is 14.6. The van der Waals surface area contributed by atoms with Gasteiger partial charge in [-0.05, 0) is 42.6 Å². The lowest BCUT2D eigenvalue weighted by Crippen LogP contribution is -2.36. The number of ether oxygens (including phenoxy) is 1. The van der Waals surface area contributed by atoms with Crippen molar-refractivity contribution in [2.45, 2.75) is 6.04 Å². The zero-order valence-corrected chi connectivity index (χ0v) is 14.8. The average Bonchev–Trinajstić information content (AvgIpc) is 3.06. The van der Waals surface area contributed by atoms with Gasteiger partial charge in [-0.25, -0.2) is 4.79 Å². The Labute approximate surface area is 147 Å². The zero-order chi connectivity index (χ0) is 17.8. The molecule has 1 aromatic heterocycles. The van der Waals surface area contributed by atoms with Crippen LogP contribution in [0.4, 0.5) is 4.79 Å². The van der Waals surface area contributed by atoms with E-state index in [1.165, 1.54) is 0 Å². The molecule has 1 N–H and O–H groups in total. The highest BCUT2D eigenvalue weighted by Crippen LogP contribution is 2.21. The number of nitrogens with zero attached hydrogens (tertiary/aromatic N) is 2. The van der Waals surface area contributed by atoms with Crippen LogP contribution in [-0.4, -0.2) is 43.2 Å². The fourth-order valence-electron chi connectivity index (χ4n) is 2.90. The fourth-order valence-corrected chi connectivity index (χ4v) is 2.90. The second-order valence-corrected chi connectivity index (χ2v) is 6.23. The Bertz CT molecular complexity index is 820. The third-order valence-electron chi connectivity index (χ3n) is 4.36. The summed E-state index contributed by atoms with van der Waals surface area (Å²) < 4.78 is 6.81. The molecule has 1 amide bonds. The van der Waals surface area contributed by atoms with E-state index < -0.39 is 0 Å². The highest BCUT2D eigenvalue weighted by Gasteiger charge is 2.16. The molecule has 5 heteroatoms. The molecule has 3 rings (SSSR count). The molecule has 0 saturated heterocycles. The first-order valence-corrected chi connectivity index (χ1v) is 8.24. The van der Waals surface area contributed by atoms with Crippen LogP contribution < -0.4 is 10.1 Å². The topological polar surface area (TPSA) is 46.5 Å². The maximum Gasteiger partial charge on any atom is 0.325 e.